The van der Waals surface area contributed by atoms with E-state index in [9.17, 15) is 13.2 Å². The first-order valence-corrected chi connectivity index (χ1v) is 9.62. The smallest absolute Gasteiger partial charge is 0.235 e. The summed E-state index contributed by atoms with van der Waals surface area (Å²) < 4.78 is 23.5. The molecule has 0 spiro atoms. The molecule has 2 aromatic heterocycles. The predicted octanol–water partition coefficient (Wildman–Crippen LogP) is 0.0347. The molecule has 0 bridgehead atoms. The third-order valence-electron chi connectivity index (χ3n) is 3.30. The molecule has 0 aliphatic rings. The molecule has 3 N–H and O–H groups in total. The predicted molar refractivity (Wildman–Crippen MR) is 98.5 cm³/mol. The number of hydrogen-bond donors (Lipinski definition) is 3. The van der Waals surface area contributed by atoms with E-state index < -0.39 is 10.0 Å². The van der Waals surface area contributed by atoms with Gasteiger partial charge in [-0.2, -0.15) is 4.31 Å². The SMILES string of the molecule is CN(CC(=O)NCCNc1ccc(Nc2ccncc2)nn1)S(C)(=O)=O. The third-order valence-corrected chi connectivity index (χ3v) is 4.56. The molecule has 0 saturated carbocycles. The molecule has 140 valence electrons. The zero-order valence-electron chi connectivity index (χ0n) is 14.5. The zero-order chi connectivity index (χ0) is 19.0. The van der Waals surface area contributed by atoms with E-state index in [1.165, 1.54) is 7.05 Å². The molecule has 2 heterocycles. The summed E-state index contributed by atoms with van der Waals surface area (Å²) in [4.78, 5) is 15.6. The van der Waals surface area contributed by atoms with Gasteiger partial charge in [0.05, 0.1) is 12.8 Å². The molecule has 26 heavy (non-hydrogen) atoms. The van der Waals surface area contributed by atoms with Crippen molar-refractivity contribution in [2.75, 3.05) is 43.6 Å². The van der Waals surface area contributed by atoms with Crippen molar-refractivity contribution in [3.8, 4) is 0 Å². The standard InChI is InChI=1S/C15H21N7O3S/c1-22(26(2,24)25)11-15(23)18-10-9-17-13-3-4-14(21-20-13)19-12-5-7-16-8-6-12/h3-8H,9-11H2,1-2H3,(H,17,20)(H,18,23)(H,16,19,21). The van der Waals surface area contributed by atoms with E-state index in [1.54, 1.807) is 24.5 Å². The quantitative estimate of drug-likeness (QED) is 0.521. The van der Waals surface area contributed by atoms with Crippen LogP contribution in [0, 0.1) is 0 Å². The molecule has 1 amide bonds. The molecule has 10 nitrogen and oxygen atoms in total. The summed E-state index contributed by atoms with van der Waals surface area (Å²) in [5.74, 6) is 0.786. The van der Waals surface area contributed by atoms with Gasteiger partial charge >= 0.3 is 0 Å². The van der Waals surface area contributed by atoms with Crippen molar-refractivity contribution in [2.24, 2.45) is 0 Å². The summed E-state index contributed by atoms with van der Waals surface area (Å²) in [5.41, 5.74) is 0.858. The fourth-order valence-corrected chi connectivity index (χ4v) is 2.20. The van der Waals surface area contributed by atoms with E-state index in [1.807, 2.05) is 12.1 Å². The van der Waals surface area contributed by atoms with Gasteiger partial charge in [0.15, 0.2) is 5.82 Å². The second kappa shape index (κ2) is 9.06. The van der Waals surface area contributed by atoms with E-state index in [4.69, 9.17) is 0 Å². The zero-order valence-corrected chi connectivity index (χ0v) is 15.3. The molecule has 0 atom stereocenters. The van der Waals surface area contributed by atoms with Crippen molar-refractivity contribution in [1.82, 2.24) is 24.8 Å². The number of nitrogens with zero attached hydrogens (tertiary/aromatic N) is 4. The topological polar surface area (TPSA) is 129 Å². The van der Waals surface area contributed by atoms with Gasteiger partial charge in [0, 0.05) is 38.2 Å². The lowest BCUT2D eigenvalue weighted by Crippen LogP contribution is -2.39. The van der Waals surface area contributed by atoms with E-state index in [-0.39, 0.29) is 12.5 Å². The Morgan fingerprint density at radius 2 is 1.73 bits per heavy atom. The van der Waals surface area contributed by atoms with Gasteiger partial charge in [-0.25, -0.2) is 8.42 Å². The maximum atomic E-state index is 11.6. The summed E-state index contributed by atoms with van der Waals surface area (Å²) in [7, 11) is -2.02. The summed E-state index contributed by atoms with van der Waals surface area (Å²) in [6.45, 7) is 0.545. The van der Waals surface area contributed by atoms with Gasteiger partial charge in [-0.05, 0) is 24.3 Å². The fraction of sp³-hybridized carbons (Fsp3) is 0.333. The minimum absolute atomic E-state index is 0.214. The number of rotatable bonds is 9. The van der Waals surface area contributed by atoms with Crippen molar-refractivity contribution < 1.29 is 13.2 Å². The first-order chi connectivity index (χ1) is 12.3. The Bertz CT molecular complexity index is 813. The molecule has 0 unspecified atom stereocenters. The third kappa shape index (κ3) is 6.61. The minimum atomic E-state index is -3.37. The van der Waals surface area contributed by atoms with Gasteiger partial charge in [-0.3, -0.25) is 9.78 Å². The summed E-state index contributed by atoms with van der Waals surface area (Å²) >= 11 is 0. The van der Waals surface area contributed by atoms with Gasteiger partial charge < -0.3 is 16.0 Å². The van der Waals surface area contributed by atoms with E-state index in [0.717, 1.165) is 16.2 Å². The number of amides is 1. The lowest BCUT2D eigenvalue weighted by molar-refractivity contribution is -0.121. The van der Waals surface area contributed by atoms with Crippen LogP contribution in [0.4, 0.5) is 17.3 Å². The normalized spacial score (nSPS) is 11.2. The van der Waals surface area contributed by atoms with Crippen molar-refractivity contribution in [2.45, 2.75) is 0 Å². The number of likely N-dealkylation sites (N-methyl/N-ethyl adjacent to an activating group) is 1. The van der Waals surface area contributed by atoms with Gasteiger partial charge in [0.1, 0.15) is 5.82 Å². The van der Waals surface area contributed by atoms with Crippen molar-refractivity contribution >= 4 is 33.3 Å². The highest BCUT2D eigenvalue weighted by atomic mass is 32.2. The van der Waals surface area contributed by atoms with Gasteiger partial charge in [0.2, 0.25) is 15.9 Å². The van der Waals surface area contributed by atoms with Crippen LogP contribution in [0.3, 0.4) is 0 Å². The van der Waals surface area contributed by atoms with E-state index in [2.05, 4.69) is 31.1 Å². The van der Waals surface area contributed by atoms with E-state index >= 15 is 0 Å². The Hall–Kier alpha value is -2.79. The van der Waals surface area contributed by atoms with Crippen LogP contribution in [0.1, 0.15) is 0 Å². The Balaban J connectivity index is 1.70. The van der Waals surface area contributed by atoms with Crippen LogP contribution in [0.25, 0.3) is 0 Å². The number of aromatic nitrogens is 3. The maximum Gasteiger partial charge on any atom is 0.235 e. The lowest BCUT2D eigenvalue weighted by atomic mass is 10.4. The fourth-order valence-electron chi connectivity index (χ4n) is 1.84. The summed E-state index contributed by atoms with van der Waals surface area (Å²) in [6.07, 6.45) is 4.40. The molecule has 0 aliphatic carbocycles. The van der Waals surface area contributed by atoms with E-state index in [0.29, 0.717) is 24.7 Å². The highest BCUT2D eigenvalue weighted by Crippen LogP contribution is 2.13. The lowest BCUT2D eigenvalue weighted by Gasteiger charge is -2.13. The van der Waals surface area contributed by atoms with Crippen LogP contribution in [-0.4, -0.2) is 66.7 Å². The monoisotopic (exact) mass is 379 g/mol. The number of sulfonamides is 1. The van der Waals surface area contributed by atoms with Crippen LogP contribution in [0.15, 0.2) is 36.7 Å². The molecular formula is C15H21N7O3S. The summed E-state index contributed by atoms with van der Waals surface area (Å²) in [6, 6.07) is 7.17. The van der Waals surface area contributed by atoms with Crippen LogP contribution in [0.2, 0.25) is 0 Å². The number of nitrogens with one attached hydrogen (secondary N) is 3. The van der Waals surface area contributed by atoms with Crippen LogP contribution >= 0.6 is 0 Å². The Morgan fingerprint density at radius 3 is 2.35 bits per heavy atom. The first kappa shape index (κ1) is 19.5. The molecule has 0 aliphatic heterocycles. The van der Waals surface area contributed by atoms with Gasteiger partial charge in [0.25, 0.3) is 0 Å². The number of carbonyl (C=O) groups excluding carboxylic acids is 1. The second-order valence-corrected chi connectivity index (χ2v) is 7.55. The maximum absolute atomic E-state index is 11.6. The Kier molecular flexibility index (Phi) is 6.81. The average Bonchev–Trinajstić information content (AvgIpc) is 2.60. The molecule has 0 fully saturated rings. The van der Waals surface area contributed by atoms with Crippen LogP contribution in [0.5, 0.6) is 0 Å². The number of carbonyl (C=O) groups is 1. The highest BCUT2D eigenvalue weighted by Gasteiger charge is 2.14. The number of anilines is 3. The first-order valence-electron chi connectivity index (χ1n) is 7.77. The largest absolute Gasteiger partial charge is 0.367 e. The molecule has 0 aromatic carbocycles. The number of pyridine rings is 1. The average molecular weight is 379 g/mol. The summed E-state index contributed by atoms with van der Waals surface area (Å²) in [5, 5.41) is 16.8. The van der Waals surface area contributed by atoms with Crippen LogP contribution < -0.4 is 16.0 Å². The Morgan fingerprint density at radius 1 is 1.08 bits per heavy atom. The molecular weight excluding hydrogens is 358 g/mol. The van der Waals surface area contributed by atoms with Crippen LogP contribution in [-0.2, 0) is 14.8 Å². The Labute approximate surface area is 152 Å². The van der Waals surface area contributed by atoms with Crippen molar-refractivity contribution in [3.05, 3.63) is 36.7 Å². The molecule has 2 rings (SSSR count). The molecule has 11 heteroatoms. The van der Waals surface area contributed by atoms with Crippen molar-refractivity contribution in [1.29, 1.82) is 0 Å². The second-order valence-electron chi connectivity index (χ2n) is 5.46. The van der Waals surface area contributed by atoms with Gasteiger partial charge in [-0.1, -0.05) is 0 Å². The number of hydrogen-bond acceptors (Lipinski definition) is 8. The minimum Gasteiger partial charge on any atom is -0.367 e. The highest BCUT2D eigenvalue weighted by molar-refractivity contribution is 7.88. The van der Waals surface area contributed by atoms with Crippen molar-refractivity contribution in [3.63, 3.8) is 0 Å². The van der Waals surface area contributed by atoms with Gasteiger partial charge in [-0.15, -0.1) is 10.2 Å². The molecule has 2 aromatic rings. The molecule has 0 radical (unpaired) electrons. The molecule has 0 saturated heterocycles.